The van der Waals surface area contributed by atoms with Crippen LogP contribution < -0.4 is 10.6 Å². The van der Waals surface area contributed by atoms with E-state index in [4.69, 9.17) is 14.3 Å². The Labute approximate surface area is 155 Å². The molecule has 1 atom stereocenters. The lowest BCUT2D eigenvalue weighted by Gasteiger charge is -2.13. The molecular weight excluding hydrogens is 355 g/mol. The van der Waals surface area contributed by atoms with Crippen LogP contribution in [-0.2, 0) is 16.0 Å². The number of furan rings is 1. The molecule has 3 rings (SSSR count). The monoisotopic (exact) mass is 376 g/mol. The SMILES string of the molecule is Cc1coc(CC(=O)O)c1C(=O)Nc1ccc(NCC2CCCO2)c(F)c1. The van der Waals surface area contributed by atoms with Crippen molar-refractivity contribution in [3.63, 3.8) is 0 Å². The molecule has 27 heavy (non-hydrogen) atoms. The molecule has 8 heteroatoms. The Morgan fingerprint density at radius 2 is 2.19 bits per heavy atom. The maximum absolute atomic E-state index is 14.3. The van der Waals surface area contributed by atoms with E-state index in [0.717, 1.165) is 19.4 Å². The molecule has 7 nitrogen and oxygen atoms in total. The zero-order chi connectivity index (χ0) is 19.4. The summed E-state index contributed by atoms with van der Waals surface area (Å²) in [6.45, 7) is 2.90. The molecule has 0 spiro atoms. The number of aryl methyl sites for hydroxylation is 1. The fourth-order valence-electron chi connectivity index (χ4n) is 3.03. The predicted octanol–water partition coefficient (Wildman–Crippen LogP) is 3.20. The lowest BCUT2D eigenvalue weighted by Crippen LogP contribution is -2.19. The second kappa shape index (κ2) is 8.22. The van der Waals surface area contributed by atoms with Crippen LogP contribution in [0.15, 0.2) is 28.9 Å². The van der Waals surface area contributed by atoms with Gasteiger partial charge in [-0.15, -0.1) is 0 Å². The summed E-state index contributed by atoms with van der Waals surface area (Å²) < 4.78 is 24.9. The number of hydrogen-bond acceptors (Lipinski definition) is 5. The Balaban J connectivity index is 1.67. The second-order valence-corrected chi connectivity index (χ2v) is 6.45. The third-order valence-corrected chi connectivity index (χ3v) is 4.36. The lowest BCUT2D eigenvalue weighted by atomic mass is 10.1. The highest BCUT2D eigenvalue weighted by atomic mass is 19.1. The van der Waals surface area contributed by atoms with Crippen molar-refractivity contribution in [2.75, 3.05) is 23.8 Å². The maximum atomic E-state index is 14.3. The molecule has 0 radical (unpaired) electrons. The normalized spacial score (nSPS) is 16.3. The van der Waals surface area contributed by atoms with Crippen molar-refractivity contribution in [2.45, 2.75) is 32.3 Å². The molecule has 1 aromatic heterocycles. The van der Waals surface area contributed by atoms with Gasteiger partial charge in [-0.3, -0.25) is 9.59 Å². The van der Waals surface area contributed by atoms with E-state index >= 15 is 0 Å². The third kappa shape index (κ3) is 4.65. The molecule has 1 aliphatic rings. The van der Waals surface area contributed by atoms with Crippen molar-refractivity contribution in [3.8, 4) is 0 Å². The smallest absolute Gasteiger partial charge is 0.311 e. The predicted molar refractivity (Wildman–Crippen MR) is 96.6 cm³/mol. The third-order valence-electron chi connectivity index (χ3n) is 4.36. The number of rotatable bonds is 7. The Kier molecular flexibility index (Phi) is 5.75. The molecule has 2 aromatic rings. The van der Waals surface area contributed by atoms with Gasteiger partial charge in [0.25, 0.3) is 5.91 Å². The van der Waals surface area contributed by atoms with Gasteiger partial charge in [0, 0.05) is 24.4 Å². The van der Waals surface area contributed by atoms with Crippen molar-refractivity contribution >= 4 is 23.3 Å². The molecule has 3 N–H and O–H groups in total. The summed E-state index contributed by atoms with van der Waals surface area (Å²) in [4.78, 5) is 23.4. The molecule has 1 amide bonds. The van der Waals surface area contributed by atoms with Gasteiger partial charge in [-0.2, -0.15) is 0 Å². The Morgan fingerprint density at radius 1 is 1.37 bits per heavy atom. The quantitative estimate of drug-likeness (QED) is 0.686. The van der Waals surface area contributed by atoms with E-state index in [1.165, 1.54) is 12.3 Å². The average Bonchev–Trinajstić information content (AvgIpc) is 3.23. The molecule has 0 bridgehead atoms. The highest BCUT2D eigenvalue weighted by molar-refractivity contribution is 6.06. The van der Waals surface area contributed by atoms with Crippen molar-refractivity contribution in [1.82, 2.24) is 0 Å². The molecule has 1 unspecified atom stereocenters. The van der Waals surface area contributed by atoms with Gasteiger partial charge in [0.2, 0.25) is 0 Å². The van der Waals surface area contributed by atoms with E-state index in [-0.39, 0.29) is 23.1 Å². The van der Waals surface area contributed by atoms with Crippen molar-refractivity contribution in [3.05, 3.63) is 47.2 Å². The second-order valence-electron chi connectivity index (χ2n) is 6.45. The Bertz CT molecular complexity index is 843. The topological polar surface area (TPSA) is 101 Å². The number of carboxylic acids is 1. The molecule has 144 valence electrons. The molecule has 1 aliphatic heterocycles. The number of anilines is 2. The molecule has 1 saturated heterocycles. The van der Waals surface area contributed by atoms with Crippen LogP contribution in [0.4, 0.5) is 15.8 Å². The number of nitrogens with one attached hydrogen (secondary N) is 2. The zero-order valence-electron chi connectivity index (χ0n) is 14.9. The van der Waals surface area contributed by atoms with Crippen LogP contribution in [0.3, 0.4) is 0 Å². The first kappa shape index (κ1) is 18.9. The van der Waals surface area contributed by atoms with Gasteiger partial charge in [-0.25, -0.2) is 4.39 Å². The van der Waals surface area contributed by atoms with E-state index < -0.39 is 24.1 Å². The summed E-state index contributed by atoms with van der Waals surface area (Å²) in [6, 6.07) is 4.33. The maximum Gasteiger partial charge on any atom is 0.311 e. The molecule has 0 saturated carbocycles. The minimum atomic E-state index is -1.11. The summed E-state index contributed by atoms with van der Waals surface area (Å²) in [5, 5.41) is 14.5. The van der Waals surface area contributed by atoms with E-state index in [0.29, 0.717) is 17.8 Å². The minimum Gasteiger partial charge on any atom is -0.481 e. The summed E-state index contributed by atoms with van der Waals surface area (Å²) >= 11 is 0. The van der Waals surface area contributed by atoms with Gasteiger partial charge >= 0.3 is 5.97 Å². The average molecular weight is 376 g/mol. The van der Waals surface area contributed by atoms with Crippen LogP contribution >= 0.6 is 0 Å². The number of ether oxygens (including phenoxy) is 1. The first-order valence-electron chi connectivity index (χ1n) is 8.69. The lowest BCUT2D eigenvalue weighted by molar-refractivity contribution is -0.136. The van der Waals surface area contributed by atoms with Crippen LogP contribution in [0, 0.1) is 12.7 Å². The van der Waals surface area contributed by atoms with Crippen molar-refractivity contribution < 1.29 is 28.2 Å². The Hall–Kier alpha value is -2.87. The number of halogens is 1. The summed E-state index contributed by atoms with van der Waals surface area (Å²) in [5.74, 6) is -2.09. The zero-order valence-corrected chi connectivity index (χ0v) is 14.9. The molecule has 2 heterocycles. The Morgan fingerprint density at radius 3 is 2.85 bits per heavy atom. The molecular formula is C19H21FN2O5. The van der Waals surface area contributed by atoms with Crippen LogP contribution in [0.1, 0.15) is 34.5 Å². The summed E-state index contributed by atoms with van der Waals surface area (Å²) in [5.41, 5.74) is 1.26. The summed E-state index contributed by atoms with van der Waals surface area (Å²) in [6.07, 6.45) is 2.96. The van der Waals surface area contributed by atoms with Crippen molar-refractivity contribution in [2.24, 2.45) is 0 Å². The summed E-state index contributed by atoms with van der Waals surface area (Å²) in [7, 11) is 0. The first-order chi connectivity index (χ1) is 12.9. The minimum absolute atomic E-state index is 0.0628. The van der Waals surface area contributed by atoms with Gasteiger partial charge in [-0.05, 0) is 38.0 Å². The largest absolute Gasteiger partial charge is 0.481 e. The van der Waals surface area contributed by atoms with Gasteiger partial charge in [0.05, 0.1) is 23.6 Å². The van der Waals surface area contributed by atoms with Crippen LogP contribution in [0.5, 0.6) is 0 Å². The fraction of sp³-hybridized carbons (Fsp3) is 0.368. The van der Waals surface area contributed by atoms with Gasteiger partial charge in [0.15, 0.2) is 0 Å². The first-order valence-corrected chi connectivity index (χ1v) is 8.69. The number of amides is 1. The van der Waals surface area contributed by atoms with E-state index in [1.54, 1.807) is 19.1 Å². The van der Waals surface area contributed by atoms with Crippen LogP contribution in [0.2, 0.25) is 0 Å². The molecule has 1 fully saturated rings. The van der Waals surface area contributed by atoms with E-state index in [1.807, 2.05) is 0 Å². The number of carboxylic acid groups (broad SMARTS) is 1. The van der Waals surface area contributed by atoms with Gasteiger partial charge in [0.1, 0.15) is 18.0 Å². The van der Waals surface area contributed by atoms with Gasteiger partial charge in [-0.1, -0.05) is 0 Å². The molecule has 0 aliphatic carbocycles. The number of carbonyl (C=O) groups is 2. The number of carbonyl (C=O) groups excluding carboxylic acids is 1. The fourth-order valence-corrected chi connectivity index (χ4v) is 3.03. The van der Waals surface area contributed by atoms with Crippen LogP contribution in [0.25, 0.3) is 0 Å². The highest BCUT2D eigenvalue weighted by Crippen LogP contribution is 2.23. The van der Waals surface area contributed by atoms with Gasteiger partial charge < -0.3 is 24.9 Å². The number of benzene rings is 1. The van der Waals surface area contributed by atoms with Crippen molar-refractivity contribution in [1.29, 1.82) is 0 Å². The van der Waals surface area contributed by atoms with E-state index in [9.17, 15) is 14.0 Å². The highest BCUT2D eigenvalue weighted by Gasteiger charge is 2.21. The number of aliphatic carboxylic acids is 1. The number of hydrogen-bond donors (Lipinski definition) is 3. The van der Waals surface area contributed by atoms with E-state index in [2.05, 4.69) is 10.6 Å². The van der Waals surface area contributed by atoms with Crippen LogP contribution in [-0.4, -0.2) is 36.2 Å². The standard InChI is InChI=1S/C19H21FN2O5/c1-11-10-27-16(8-17(23)24)18(11)19(25)22-12-4-5-15(14(20)7-12)21-9-13-3-2-6-26-13/h4-5,7,10,13,21H,2-3,6,8-9H2,1H3,(H,22,25)(H,23,24). The molecule has 1 aromatic carbocycles.